The first-order valence-corrected chi connectivity index (χ1v) is 15.6. The fraction of sp³-hybridized carbons (Fsp3) is 0.276. The van der Waals surface area contributed by atoms with E-state index in [1.165, 1.54) is 10.7 Å². The van der Waals surface area contributed by atoms with Crippen molar-refractivity contribution < 1.29 is 13.2 Å². The summed E-state index contributed by atoms with van der Waals surface area (Å²) in [6, 6.07) is 13.5. The van der Waals surface area contributed by atoms with Gasteiger partial charge in [0, 0.05) is 53.3 Å². The summed E-state index contributed by atoms with van der Waals surface area (Å²) in [6.07, 6.45) is 8.50. The Labute approximate surface area is 240 Å². The zero-order valence-corrected chi connectivity index (χ0v) is 23.5. The van der Waals surface area contributed by atoms with Crippen molar-refractivity contribution in [2.45, 2.75) is 48.6 Å². The Kier molecular flexibility index (Phi) is 6.01. The fourth-order valence-corrected chi connectivity index (χ4v) is 7.59. The quantitative estimate of drug-likeness (QED) is 0.283. The van der Waals surface area contributed by atoms with Gasteiger partial charge in [-0.25, -0.2) is 18.2 Å². The highest BCUT2D eigenvalue weighted by molar-refractivity contribution is 7.91. The summed E-state index contributed by atoms with van der Waals surface area (Å²) >= 11 is 0. The van der Waals surface area contributed by atoms with E-state index in [1.807, 2.05) is 47.4 Å². The van der Waals surface area contributed by atoms with Crippen molar-refractivity contribution in [2.75, 3.05) is 12.0 Å². The molecule has 1 unspecified atom stereocenters. The molecule has 7 rings (SSSR count). The second-order valence-corrected chi connectivity index (χ2v) is 13.0. The third-order valence-corrected chi connectivity index (χ3v) is 9.52. The molecule has 1 aromatic carbocycles. The minimum atomic E-state index is -3.77. The summed E-state index contributed by atoms with van der Waals surface area (Å²) < 4.78 is 27.5. The van der Waals surface area contributed by atoms with E-state index in [0.717, 1.165) is 35.9 Å². The van der Waals surface area contributed by atoms with Crippen molar-refractivity contribution in [3.63, 3.8) is 0 Å². The molecule has 2 aliphatic heterocycles. The van der Waals surface area contributed by atoms with Crippen molar-refractivity contribution in [2.24, 2.45) is 0 Å². The largest absolute Gasteiger partial charge is 0.382 e. The first-order valence-electron chi connectivity index (χ1n) is 13.7. The number of carbonyl (C=O) groups is 1. The summed E-state index contributed by atoms with van der Waals surface area (Å²) in [5, 5.41) is 4.40. The van der Waals surface area contributed by atoms with Crippen LogP contribution < -0.4 is 11.4 Å². The predicted octanol–water partition coefficient (Wildman–Crippen LogP) is 3.01. The van der Waals surface area contributed by atoms with E-state index in [2.05, 4.69) is 20.1 Å². The summed E-state index contributed by atoms with van der Waals surface area (Å²) in [5.74, 6) is -0.473. The lowest BCUT2D eigenvalue weighted by molar-refractivity contribution is 0.0562. The van der Waals surface area contributed by atoms with Gasteiger partial charge in [-0.15, -0.1) is 0 Å². The maximum absolute atomic E-state index is 13.2. The minimum Gasteiger partial charge on any atom is -0.382 e. The molecule has 4 aromatic heterocycles. The van der Waals surface area contributed by atoms with Crippen LogP contribution in [0.1, 0.15) is 47.8 Å². The summed E-state index contributed by atoms with van der Waals surface area (Å²) in [4.78, 5) is 41.2. The highest BCUT2D eigenvalue weighted by Crippen LogP contribution is 2.45. The Bertz CT molecular complexity index is 1980. The van der Waals surface area contributed by atoms with Crippen LogP contribution in [0.25, 0.3) is 28.0 Å². The number of nitrogen functional groups attached to an aromatic ring is 1. The Morgan fingerprint density at radius 1 is 1.02 bits per heavy atom. The lowest BCUT2D eigenvalue weighted by Gasteiger charge is -2.39. The van der Waals surface area contributed by atoms with Gasteiger partial charge in [0.05, 0.1) is 17.6 Å². The van der Waals surface area contributed by atoms with Crippen molar-refractivity contribution in [3.05, 3.63) is 82.9 Å². The summed E-state index contributed by atoms with van der Waals surface area (Å²) in [7, 11) is -3.77. The number of H-pyrrole nitrogens is 2. The molecule has 214 valence electrons. The molecule has 0 spiro atoms. The van der Waals surface area contributed by atoms with Crippen LogP contribution in [0.2, 0.25) is 0 Å². The minimum absolute atomic E-state index is 0.00775. The molecule has 2 aliphatic rings. The van der Waals surface area contributed by atoms with Crippen molar-refractivity contribution in [1.29, 1.82) is 0 Å². The van der Waals surface area contributed by atoms with Gasteiger partial charge in [0.1, 0.15) is 16.4 Å². The highest BCUT2D eigenvalue weighted by atomic mass is 32.2. The van der Waals surface area contributed by atoms with Crippen LogP contribution in [0.15, 0.2) is 70.7 Å². The van der Waals surface area contributed by atoms with Gasteiger partial charge in [-0.05, 0) is 31.7 Å². The fourth-order valence-electron chi connectivity index (χ4n) is 6.53. The lowest BCUT2D eigenvalue weighted by atomic mass is 9.87. The standard InChI is InChI=1S/C29H28N8O4S/c1-42(40,41)25-24(18-11-19-8-9-20(12-18)36(19)28(38)23-15-32-29(39)34-23)35-27-21(14-33-37(27)26(25)30)17-7-10-22(31-13-17)16-5-3-2-4-6-16/h2-7,10,13-15,18-20H,8-9,11-12,30H2,1H3,(H2,32,34,39)/t18?,19-,20+. The first-order chi connectivity index (χ1) is 20.2. The van der Waals surface area contributed by atoms with Gasteiger partial charge >= 0.3 is 5.69 Å². The topological polar surface area (TPSA) is 172 Å². The SMILES string of the molecule is CS(=O)(=O)c1c(C2C[C@H]3CC[C@@H](C2)N3C(=O)c2c[nH]c(=O)[nH]2)nc2c(-c3ccc(-c4ccccc4)nc3)cnn2c1N. The van der Waals surface area contributed by atoms with Crippen LogP contribution in [-0.4, -0.2) is 67.1 Å². The van der Waals surface area contributed by atoms with E-state index in [1.54, 1.807) is 12.4 Å². The number of sulfone groups is 1. The van der Waals surface area contributed by atoms with E-state index in [4.69, 9.17) is 10.7 Å². The van der Waals surface area contributed by atoms with Crippen LogP contribution in [-0.2, 0) is 9.84 Å². The second-order valence-electron chi connectivity index (χ2n) is 11.0. The number of pyridine rings is 1. The van der Waals surface area contributed by atoms with E-state index in [9.17, 15) is 18.0 Å². The lowest BCUT2D eigenvalue weighted by Crippen LogP contribution is -2.46. The number of hydrogen-bond acceptors (Lipinski definition) is 8. The van der Waals surface area contributed by atoms with Crippen LogP contribution >= 0.6 is 0 Å². The van der Waals surface area contributed by atoms with Crippen LogP contribution in [0.3, 0.4) is 0 Å². The number of hydrogen-bond donors (Lipinski definition) is 3. The smallest absolute Gasteiger partial charge is 0.323 e. The van der Waals surface area contributed by atoms with E-state index < -0.39 is 15.5 Å². The number of benzene rings is 1. The highest BCUT2D eigenvalue weighted by Gasteiger charge is 2.46. The Hall–Kier alpha value is -4.78. The molecular weight excluding hydrogens is 556 g/mol. The number of nitrogens with zero attached hydrogens (tertiary/aromatic N) is 5. The average molecular weight is 585 g/mol. The van der Waals surface area contributed by atoms with Crippen molar-refractivity contribution >= 4 is 27.2 Å². The number of imidazole rings is 1. The zero-order chi connectivity index (χ0) is 29.2. The maximum atomic E-state index is 13.2. The number of piperidine rings is 1. The van der Waals surface area contributed by atoms with Gasteiger partial charge in [0.15, 0.2) is 15.5 Å². The first kappa shape index (κ1) is 26.1. The van der Waals surface area contributed by atoms with Crippen molar-refractivity contribution in [3.8, 4) is 22.4 Å². The third-order valence-electron chi connectivity index (χ3n) is 8.36. The number of nitrogens with one attached hydrogen (secondary N) is 2. The van der Waals surface area contributed by atoms with Gasteiger partial charge in [-0.3, -0.25) is 9.78 Å². The summed E-state index contributed by atoms with van der Waals surface area (Å²) in [5.41, 5.74) is 10.4. The molecule has 5 aromatic rings. The molecule has 3 atom stereocenters. The molecule has 13 heteroatoms. The Morgan fingerprint density at radius 3 is 2.38 bits per heavy atom. The van der Waals surface area contributed by atoms with Crippen molar-refractivity contribution in [1.82, 2.24) is 34.4 Å². The number of amides is 1. The van der Waals surface area contributed by atoms with Gasteiger partial charge in [-0.1, -0.05) is 36.4 Å². The van der Waals surface area contributed by atoms with E-state index in [0.29, 0.717) is 29.7 Å². The molecule has 2 bridgehead atoms. The third kappa shape index (κ3) is 4.28. The monoisotopic (exact) mass is 584 g/mol. The number of rotatable bonds is 5. The number of nitrogens with two attached hydrogens (primary N) is 1. The molecule has 2 fully saturated rings. The Morgan fingerprint density at radius 2 is 1.76 bits per heavy atom. The molecule has 0 aliphatic carbocycles. The van der Waals surface area contributed by atoms with E-state index >= 15 is 0 Å². The van der Waals surface area contributed by atoms with Gasteiger partial charge in [-0.2, -0.15) is 9.61 Å². The van der Waals surface area contributed by atoms with Crippen LogP contribution in [0.5, 0.6) is 0 Å². The van der Waals surface area contributed by atoms with Crippen LogP contribution in [0.4, 0.5) is 5.82 Å². The molecule has 0 saturated carbocycles. The molecule has 2 saturated heterocycles. The molecule has 1 amide bonds. The average Bonchev–Trinajstić information content (AvgIpc) is 3.68. The molecule has 0 radical (unpaired) electrons. The second kappa shape index (κ2) is 9.65. The molecular formula is C29H28N8O4S. The Balaban J connectivity index is 1.28. The number of anilines is 1. The van der Waals surface area contributed by atoms with Gasteiger partial charge in [0.2, 0.25) is 0 Å². The normalized spacial score (nSPS) is 20.3. The molecule has 4 N–H and O–H groups in total. The van der Waals surface area contributed by atoms with E-state index in [-0.39, 0.29) is 40.3 Å². The number of carbonyl (C=O) groups excluding carboxylic acids is 1. The molecule has 42 heavy (non-hydrogen) atoms. The molecule has 6 heterocycles. The van der Waals surface area contributed by atoms with Crippen LogP contribution in [0, 0.1) is 0 Å². The molecule has 12 nitrogen and oxygen atoms in total. The summed E-state index contributed by atoms with van der Waals surface area (Å²) in [6.45, 7) is 0. The number of aromatic amines is 2. The van der Waals surface area contributed by atoms with Gasteiger partial charge in [0.25, 0.3) is 5.91 Å². The number of fused-ring (bicyclic) bond motifs is 3. The zero-order valence-electron chi connectivity index (χ0n) is 22.7. The van der Waals surface area contributed by atoms with Gasteiger partial charge < -0.3 is 20.6 Å². The maximum Gasteiger partial charge on any atom is 0.323 e. The predicted molar refractivity (Wildman–Crippen MR) is 156 cm³/mol. The number of aromatic nitrogens is 6.